The molecule has 0 radical (unpaired) electrons. The van der Waals surface area contributed by atoms with Gasteiger partial charge in [-0.05, 0) is 47.5 Å². The third kappa shape index (κ3) is 4.13. The molecule has 0 fully saturated rings. The van der Waals surface area contributed by atoms with E-state index in [0.29, 0.717) is 23.7 Å². The highest BCUT2D eigenvalue weighted by Gasteiger charge is 2.34. The molecule has 1 aliphatic rings. The maximum absolute atomic E-state index is 13.5. The summed E-state index contributed by atoms with van der Waals surface area (Å²) < 4.78 is 11.7. The number of hydrogen-bond acceptors (Lipinski definition) is 4. The first kappa shape index (κ1) is 20.6. The summed E-state index contributed by atoms with van der Waals surface area (Å²) >= 11 is 0. The quantitative estimate of drug-likeness (QED) is 0.400. The van der Waals surface area contributed by atoms with Gasteiger partial charge in [0.15, 0.2) is 11.5 Å². The topological polar surface area (TPSA) is 50.8 Å². The highest BCUT2D eigenvalue weighted by atomic mass is 16.5. The molecule has 1 N–H and O–H groups in total. The molecule has 1 unspecified atom stereocenters. The van der Waals surface area contributed by atoms with Crippen molar-refractivity contribution in [2.24, 2.45) is 0 Å². The molecule has 0 aliphatic carbocycles. The highest BCUT2D eigenvalue weighted by Crippen LogP contribution is 2.39. The lowest BCUT2D eigenvalue weighted by molar-refractivity contribution is 0.0975. The van der Waals surface area contributed by atoms with Crippen LogP contribution in [0, 0.1) is 0 Å². The molecule has 5 heteroatoms. The molecule has 0 saturated carbocycles. The normalized spacial score (nSPS) is 14.9. The highest BCUT2D eigenvalue weighted by molar-refractivity contribution is 6.12. The minimum Gasteiger partial charge on any atom is -0.493 e. The van der Waals surface area contributed by atoms with Crippen molar-refractivity contribution >= 4 is 17.3 Å². The smallest absolute Gasteiger partial charge is 0.262 e. The van der Waals surface area contributed by atoms with Crippen LogP contribution in [0.1, 0.15) is 27.7 Å². The fourth-order valence-electron chi connectivity index (χ4n) is 4.05. The molecular weight excluding hydrogens is 412 g/mol. The molecule has 0 spiro atoms. The van der Waals surface area contributed by atoms with Gasteiger partial charge >= 0.3 is 0 Å². The van der Waals surface area contributed by atoms with Crippen molar-refractivity contribution in [3.63, 3.8) is 0 Å². The Morgan fingerprint density at radius 2 is 1.52 bits per heavy atom. The van der Waals surface area contributed by atoms with E-state index in [1.807, 2.05) is 103 Å². The van der Waals surface area contributed by atoms with Crippen LogP contribution in [0.3, 0.4) is 0 Å². The number of amides is 1. The van der Waals surface area contributed by atoms with Crippen molar-refractivity contribution in [1.82, 2.24) is 0 Å². The fraction of sp³-hybridized carbons (Fsp3) is 0.107. The number of carbonyl (C=O) groups excluding carboxylic acids is 1. The van der Waals surface area contributed by atoms with Crippen LogP contribution in [0.15, 0.2) is 103 Å². The molecule has 5 nitrogen and oxygen atoms in total. The first-order valence-electron chi connectivity index (χ1n) is 10.8. The number of benzene rings is 4. The summed E-state index contributed by atoms with van der Waals surface area (Å²) in [4.78, 5) is 15.3. The SMILES string of the molecule is COc1cc(C2Nc3ccccc3C(=O)N2c2ccccc2)ccc1OCc1ccccc1. The summed E-state index contributed by atoms with van der Waals surface area (Å²) in [6, 6.07) is 33.0. The van der Waals surface area contributed by atoms with E-state index in [0.717, 1.165) is 22.5 Å². The van der Waals surface area contributed by atoms with E-state index < -0.39 is 6.17 Å². The summed E-state index contributed by atoms with van der Waals surface area (Å²) in [7, 11) is 1.62. The molecule has 1 aliphatic heterocycles. The van der Waals surface area contributed by atoms with Gasteiger partial charge in [0.25, 0.3) is 5.91 Å². The molecule has 33 heavy (non-hydrogen) atoms. The summed E-state index contributed by atoms with van der Waals surface area (Å²) in [6.07, 6.45) is -0.396. The Labute approximate surface area is 193 Å². The molecule has 4 aromatic rings. The van der Waals surface area contributed by atoms with Gasteiger partial charge in [-0.3, -0.25) is 9.69 Å². The second-order valence-electron chi connectivity index (χ2n) is 7.79. The summed E-state index contributed by atoms with van der Waals surface area (Å²) in [6.45, 7) is 0.445. The Morgan fingerprint density at radius 3 is 2.27 bits per heavy atom. The van der Waals surface area contributed by atoms with Crippen LogP contribution < -0.4 is 19.7 Å². The third-order valence-corrected chi connectivity index (χ3v) is 5.70. The Hall–Kier alpha value is -4.25. The second-order valence-corrected chi connectivity index (χ2v) is 7.79. The Morgan fingerprint density at radius 1 is 0.818 bits per heavy atom. The largest absolute Gasteiger partial charge is 0.493 e. The number of nitrogens with one attached hydrogen (secondary N) is 1. The van der Waals surface area contributed by atoms with E-state index >= 15 is 0 Å². The van der Waals surface area contributed by atoms with Gasteiger partial charge < -0.3 is 14.8 Å². The Balaban J connectivity index is 1.50. The predicted molar refractivity (Wildman–Crippen MR) is 130 cm³/mol. The average molecular weight is 437 g/mol. The maximum Gasteiger partial charge on any atom is 0.262 e. The molecule has 0 bridgehead atoms. The fourth-order valence-corrected chi connectivity index (χ4v) is 4.05. The zero-order valence-corrected chi connectivity index (χ0v) is 18.3. The van der Waals surface area contributed by atoms with Crippen LogP contribution >= 0.6 is 0 Å². The molecule has 1 amide bonds. The van der Waals surface area contributed by atoms with E-state index in [4.69, 9.17) is 9.47 Å². The number of carbonyl (C=O) groups is 1. The number of hydrogen-bond donors (Lipinski definition) is 1. The number of para-hydroxylation sites is 2. The van der Waals surface area contributed by atoms with Crippen LogP contribution in [0.5, 0.6) is 11.5 Å². The van der Waals surface area contributed by atoms with Crippen molar-refractivity contribution in [2.45, 2.75) is 12.8 Å². The van der Waals surface area contributed by atoms with Gasteiger partial charge in [-0.1, -0.05) is 66.7 Å². The molecule has 1 heterocycles. The molecule has 4 aromatic carbocycles. The number of anilines is 2. The first-order valence-corrected chi connectivity index (χ1v) is 10.8. The van der Waals surface area contributed by atoms with Gasteiger partial charge in [-0.2, -0.15) is 0 Å². The zero-order valence-electron chi connectivity index (χ0n) is 18.3. The van der Waals surface area contributed by atoms with Crippen molar-refractivity contribution in [1.29, 1.82) is 0 Å². The van der Waals surface area contributed by atoms with Gasteiger partial charge in [0, 0.05) is 11.4 Å². The van der Waals surface area contributed by atoms with Gasteiger partial charge in [0.1, 0.15) is 12.8 Å². The van der Waals surface area contributed by atoms with E-state index in [-0.39, 0.29) is 5.91 Å². The number of nitrogens with zero attached hydrogens (tertiary/aromatic N) is 1. The van der Waals surface area contributed by atoms with Crippen molar-refractivity contribution in [2.75, 3.05) is 17.3 Å². The maximum atomic E-state index is 13.5. The van der Waals surface area contributed by atoms with Crippen LogP contribution in [-0.4, -0.2) is 13.0 Å². The molecule has 5 rings (SSSR count). The lowest BCUT2D eigenvalue weighted by Crippen LogP contribution is -2.43. The summed E-state index contributed by atoms with van der Waals surface area (Å²) in [5, 5.41) is 3.53. The monoisotopic (exact) mass is 436 g/mol. The lowest BCUT2D eigenvalue weighted by atomic mass is 10.0. The molecule has 0 saturated heterocycles. The third-order valence-electron chi connectivity index (χ3n) is 5.70. The minimum absolute atomic E-state index is 0.0519. The van der Waals surface area contributed by atoms with Gasteiger partial charge in [0.2, 0.25) is 0 Å². The number of ether oxygens (including phenoxy) is 2. The number of methoxy groups -OCH3 is 1. The van der Waals surface area contributed by atoms with Crippen LogP contribution in [0.2, 0.25) is 0 Å². The van der Waals surface area contributed by atoms with E-state index in [2.05, 4.69) is 5.32 Å². The predicted octanol–water partition coefficient (Wildman–Crippen LogP) is 6.05. The van der Waals surface area contributed by atoms with Crippen LogP contribution in [0.4, 0.5) is 11.4 Å². The van der Waals surface area contributed by atoms with Crippen molar-refractivity contribution < 1.29 is 14.3 Å². The summed E-state index contributed by atoms with van der Waals surface area (Å²) in [5.41, 5.74) is 4.24. The van der Waals surface area contributed by atoms with E-state index in [9.17, 15) is 4.79 Å². The average Bonchev–Trinajstić information content (AvgIpc) is 2.88. The van der Waals surface area contributed by atoms with Crippen molar-refractivity contribution in [3.8, 4) is 11.5 Å². The van der Waals surface area contributed by atoms with Crippen LogP contribution in [-0.2, 0) is 6.61 Å². The van der Waals surface area contributed by atoms with Crippen molar-refractivity contribution in [3.05, 3.63) is 120 Å². The molecule has 1 atom stereocenters. The van der Waals surface area contributed by atoms with Gasteiger partial charge in [0.05, 0.1) is 12.7 Å². The lowest BCUT2D eigenvalue weighted by Gasteiger charge is -2.38. The Kier molecular flexibility index (Phi) is 5.68. The Bertz CT molecular complexity index is 1260. The summed E-state index contributed by atoms with van der Waals surface area (Å²) in [5.74, 6) is 1.22. The first-order chi connectivity index (χ1) is 16.2. The number of fused-ring (bicyclic) bond motifs is 1. The van der Waals surface area contributed by atoms with E-state index in [1.165, 1.54) is 0 Å². The van der Waals surface area contributed by atoms with Crippen LogP contribution in [0.25, 0.3) is 0 Å². The van der Waals surface area contributed by atoms with Gasteiger partial charge in [-0.25, -0.2) is 0 Å². The standard InChI is InChI=1S/C28H24N2O3/c1-32-26-18-21(16-17-25(26)33-19-20-10-4-2-5-11-20)27-29-24-15-9-8-14-23(24)28(31)30(27)22-12-6-3-7-13-22/h2-18,27,29H,19H2,1H3. The zero-order chi connectivity index (χ0) is 22.6. The minimum atomic E-state index is -0.396. The molecule has 0 aromatic heterocycles. The molecular formula is C28H24N2O3. The molecule has 164 valence electrons. The number of rotatable bonds is 6. The van der Waals surface area contributed by atoms with E-state index in [1.54, 1.807) is 12.0 Å². The second kappa shape index (κ2) is 9.09. The van der Waals surface area contributed by atoms with Gasteiger partial charge in [-0.15, -0.1) is 0 Å².